The summed E-state index contributed by atoms with van der Waals surface area (Å²) < 4.78 is 5.41. The highest BCUT2D eigenvalue weighted by Crippen LogP contribution is 2.19. The summed E-state index contributed by atoms with van der Waals surface area (Å²) in [5.41, 5.74) is 0.450. The highest BCUT2D eigenvalue weighted by molar-refractivity contribution is 5.47. The normalized spacial score (nSPS) is 17.9. The SMILES string of the molecule is N#Cc1cccc(N2CCN(c3nccc(N4CCOCC4)n3)CC2)n1. The fraction of sp³-hybridized carbons (Fsp3) is 0.444. The summed E-state index contributed by atoms with van der Waals surface area (Å²) >= 11 is 0. The van der Waals surface area contributed by atoms with Gasteiger partial charge in [0.2, 0.25) is 5.95 Å². The van der Waals surface area contributed by atoms with Crippen LogP contribution in [-0.4, -0.2) is 67.4 Å². The lowest BCUT2D eigenvalue weighted by Gasteiger charge is -2.36. The largest absolute Gasteiger partial charge is 0.378 e. The van der Waals surface area contributed by atoms with Crippen molar-refractivity contribution in [2.24, 2.45) is 0 Å². The van der Waals surface area contributed by atoms with Crippen LogP contribution >= 0.6 is 0 Å². The number of piperazine rings is 1. The van der Waals surface area contributed by atoms with Crippen LogP contribution in [0.3, 0.4) is 0 Å². The quantitative estimate of drug-likeness (QED) is 0.807. The Bertz CT molecular complexity index is 792. The van der Waals surface area contributed by atoms with Gasteiger partial charge in [-0.15, -0.1) is 0 Å². The minimum atomic E-state index is 0.450. The Morgan fingerprint density at radius 2 is 1.54 bits per heavy atom. The zero-order valence-electron chi connectivity index (χ0n) is 14.6. The van der Waals surface area contributed by atoms with E-state index in [0.717, 1.165) is 70.1 Å². The van der Waals surface area contributed by atoms with Gasteiger partial charge < -0.3 is 19.4 Å². The van der Waals surface area contributed by atoms with Gasteiger partial charge in [-0.25, -0.2) is 9.97 Å². The molecule has 0 amide bonds. The van der Waals surface area contributed by atoms with Crippen LogP contribution in [0.25, 0.3) is 0 Å². The number of anilines is 3. The van der Waals surface area contributed by atoms with E-state index in [-0.39, 0.29) is 0 Å². The molecular formula is C18H21N7O. The van der Waals surface area contributed by atoms with E-state index >= 15 is 0 Å². The maximum atomic E-state index is 9.02. The van der Waals surface area contributed by atoms with E-state index in [2.05, 4.69) is 30.7 Å². The molecule has 26 heavy (non-hydrogen) atoms. The third-order valence-corrected chi connectivity index (χ3v) is 4.70. The fourth-order valence-electron chi connectivity index (χ4n) is 3.26. The minimum absolute atomic E-state index is 0.450. The number of pyridine rings is 1. The molecule has 0 aliphatic carbocycles. The van der Waals surface area contributed by atoms with Crippen molar-refractivity contribution in [3.63, 3.8) is 0 Å². The van der Waals surface area contributed by atoms with Crippen LogP contribution < -0.4 is 14.7 Å². The van der Waals surface area contributed by atoms with Gasteiger partial charge in [0.05, 0.1) is 13.2 Å². The summed E-state index contributed by atoms with van der Waals surface area (Å²) in [5.74, 6) is 2.59. The first-order valence-corrected chi connectivity index (χ1v) is 8.86. The van der Waals surface area contributed by atoms with Crippen molar-refractivity contribution in [3.05, 3.63) is 36.2 Å². The van der Waals surface area contributed by atoms with Crippen molar-refractivity contribution in [1.29, 1.82) is 5.26 Å². The molecule has 2 aliphatic heterocycles. The van der Waals surface area contributed by atoms with E-state index in [9.17, 15) is 0 Å². The van der Waals surface area contributed by atoms with Gasteiger partial charge >= 0.3 is 0 Å². The van der Waals surface area contributed by atoms with Crippen molar-refractivity contribution in [2.75, 3.05) is 67.2 Å². The Kier molecular flexibility index (Phi) is 4.80. The second-order valence-corrected chi connectivity index (χ2v) is 6.28. The number of aromatic nitrogens is 3. The molecular weight excluding hydrogens is 330 g/mol. The number of morpholine rings is 1. The van der Waals surface area contributed by atoms with E-state index in [4.69, 9.17) is 15.0 Å². The molecule has 0 saturated carbocycles. The van der Waals surface area contributed by atoms with Gasteiger partial charge in [-0.1, -0.05) is 6.07 Å². The van der Waals surface area contributed by atoms with Gasteiger partial charge in [0.1, 0.15) is 23.4 Å². The second kappa shape index (κ2) is 7.54. The molecule has 134 valence electrons. The number of hydrogen-bond donors (Lipinski definition) is 0. The monoisotopic (exact) mass is 351 g/mol. The van der Waals surface area contributed by atoms with Crippen LogP contribution in [0, 0.1) is 11.3 Å². The molecule has 4 rings (SSSR count). The smallest absolute Gasteiger partial charge is 0.227 e. The number of nitriles is 1. The number of nitrogens with zero attached hydrogens (tertiary/aromatic N) is 7. The molecule has 8 heteroatoms. The Balaban J connectivity index is 1.42. The highest BCUT2D eigenvalue weighted by atomic mass is 16.5. The molecule has 2 aromatic heterocycles. The van der Waals surface area contributed by atoms with Crippen molar-refractivity contribution in [2.45, 2.75) is 0 Å². The first-order chi connectivity index (χ1) is 12.8. The number of hydrogen-bond acceptors (Lipinski definition) is 8. The van der Waals surface area contributed by atoms with Crippen LogP contribution in [0.1, 0.15) is 5.69 Å². The first kappa shape index (κ1) is 16.5. The Hall–Kier alpha value is -2.92. The molecule has 0 spiro atoms. The lowest BCUT2D eigenvalue weighted by molar-refractivity contribution is 0.122. The van der Waals surface area contributed by atoms with Crippen molar-refractivity contribution < 1.29 is 4.74 Å². The molecule has 0 radical (unpaired) electrons. The highest BCUT2D eigenvalue weighted by Gasteiger charge is 2.21. The maximum absolute atomic E-state index is 9.02. The number of ether oxygens (including phenoxy) is 1. The van der Waals surface area contributed by atoms with E-state index in [0.29, 0.717) is 5.69 Å². The predicted octanol–water partition coefficient (Wildman–Crippen LogP) is 0.906. The standard InChI is InChI=1S/C18H21N7O/c19-14-15-2-1-3-16(21-15)23-6-8-25(9-7-23)18-20-5-4-17(22-18)24-10-12-26-13-11-24/h1-5H,6-13H2. The third-order valence-electron chi connectivity index (χ3n) is 4.70. The van der Waals surface area contributed by atoms with Crippen molar-refractivity contribution >= 4 is 17.6 Å². The van der Waals surface area contributed by atoms with Gasteiger partial charge in [-0.3, -0.25) is 0 Å². The van der Waals surface area contributed by atoms with Gasteiger partial charge in [0.25, 0.3) is 0 Å². The molecule has 0 aromatic carbocycles. The predicted molar refractivity (Wildman–Crippen MR) is 98.4 cm³/mol. The fourth-order valence-corrected chi connectivity index (χ4v) is 3.26. The zero-order valence-corrected chi connectivity index (χ0v) is 14.6. The molecule has 4 heterocycles. The molecule has 0 atom stereocenters. The maximum Gasteiger partial charge on any atom is 0.227 e. The van der Waals surface area contributed by atoms with Crippen LogP contribution in [-0.2, 0) is 4.74 Å². The van der Waals surface area contributed by atoms with E-state index < -0.39 is 0 Å². The Morgan fingerprint density at radius 3 is 2.31 bits per heavy atom. The minimum Gasteiger partial charge on any atom is -0.378 e. The van der Waals surface area contributed by atoms with E-state index in [1.165, 1.54) is 0 Å². The molecule has 8 nitrogen and oxygen atoms in total. The van der Waals surface area contributed by atoms with Crippen LogP contribution in [0.5, 0.6) is 0 Å². The summed E-state index contributed by atoms with van der Waals surface area (Å²) in [6, 6.07) is 9.61. The van der Waals surface area contributed by atoms with Gasteiger partial charge in [0.15, 0.2) is 0 Å². The summed E-state index contributed by atoms with van der Waals surface area (Å²) in [6.45, 7) is 6.52. The summed E-state index contributed by atoms with van der Waals surface area (Å²) in [5, 5.41) is 9.02. The molecule has 0 unspecified atom stereocenters. The summed E-state index contributed by atoms with van der Waals surface area (Å²) in [6.07, 6.45) is 1.83. The third kappa shape index (κ3) is 3.53. The Morgan fingerprint density at radius 1 is 0.846 bits per heavy atom. The van der Waals surface area contributed by atoms with E-state index in [1.807, 2.05) is 24.4 Å². The average Bonchev–Trinajstić information content (AvgIpc) is 2.75. The van der Waals surface area contributed by atoms with Gasteiger partial charge in [-0.2, -0.15) is 10.2 Å². The summed E-state index contributed by atoms with van der Waals surface area (Å²) in [4.78, 5) is 20.2. The average molecular weight is 351 g/mol. The van der Waals surface area contributed by atoms with Crippen LogP contribution in [0.4, 0.5) is 17.6 Å². The van der Waals surface area contributed by atoms with Gasteiger partial charge in [0, 0.05) is 45.5 Å². The molecule has 2 fully saturated rings. The van der Waals surface area contributed by atoms with Crippen molar-refractivity contribution in [3.8, 4) is 6.07 Å². The Labute approximate surface area is 152 Å². The lowest BCUT2D eigenvalue weighted by Crippen LogP contribution is -2.47. The second-order valence-electron chi connectivity index (χ2n) is 6.28. The first-order valence-electron chi connectivity index (χ1n) is 8.86. The number of rotatable bonds is 3. The summed E-state index contributed by atoms with van der Waals surface area (Å²) in [7, 11) is 0. The zero-order chi connectivity index (χ0) is 17.8. The molecule has 2 aromatic rings. The molecule has 0 bridgehead atoms. The molecule has 0 N–H and O–H groups in total. The van der Waals surface area contributed by atoms with Crippen molar-refractivity contribution in [1.82, 2.24) is 15.0 Å². The molecule has 2 aliphatic rings. The van der Waals surface area contributed by atoms with Gasteiger partial charge in [-0.05, 0) is 18.2 Å². The van der Waals surface area contributed by atoms with Crippen LogP contribution in [0.15, 0.2) is 30.5 Å². The topological polar surface area (TPSA) is 81.4 Å². The van der Waals surface area contributed by atoms with Crippen LogP contribution in [0.2, 0.25) is 0 Å². The van der Waals surface area contributed by atoms with E-state index in [1.54, 1.807) is 6.07 Å². The lowest BCUT2D eigenvalue weighted by atomic mass is 10.3. The molecule has 2 saturated heterocycles.